The summed E-state index contributed by atoms with van der Waals surface area (Å²) in [6.45, 7) is 1.26. The van der Waals surface area contributed by atoms with E-state index in [0.29, 0.717) is 19.0 Å². The van der Waals surface area contributed by atoms with Crippen LogP contribution in [0.4, 0.5) is 4.79 Å². The van der Waals surface area contributed by atoms with Gasteiger partial charge in [-0.15, -0.1) is 0 Å². The molecule has 0 spiro atoms. The molecule has 2 heterocycles. The summed E-state index contributed by atoms with van der Waals surface area (Å²) in [5.41, 5.74) is 2.53. The molecule has 1 aromatic carbocycles. The Labute approximate surface area is 126 Å². The third-order valence-electron chi connectivity index (χ3n) is 4.23. The number of fused-ring (bicyclic) bond motifs is 1. The summed E-state index contributed by atoms with van der Waals surface area (Å²) in [5.74, 6) is 0.446. The van der Waals surface area contributed by atoms with Crippen molar-refractivity contribution >= 4 is 32.9 Å². The highest BCUT2D eigenvalue weighted by molar-refractivity contribution is 9.10. The van der Waals surface area contributed by atoms with E-state index < -0.39 is 6.09 Å². The highest BCUT2D eigenvalue weighted by atomic mass is 79.9. The molecule has 1 aromatic heterocycles. The van der Waals surface area contributed by atoms with Gasteiger partial charge in [-0.3, -0.25) is 0 Å². The van der Waals surface area contributed by atoms with E-state index in [0.717, 1.165) is 17.3 Å². The fourth-order valence-electron chi connectivity index (χ4n) is 3.08. The molecule has 1 saturated heterocycles. The first-order valence-electron chi connectivity index (χ1n) is 6.79. The Kier molecular flexibility index (Phi) is 3.46. The number of carbonyl (C=O) groups is 1. The lowest BCUT2D eigenvalue weighted by Gasteiger charge is -2.30. The zero-order valence-corrected chi connectivity index (χ0v) is 12.9. The van der Waals surface area contributed by atoms with Crippen molar-refractivity contribution in [3.05, 3.63) is 34.4 Å². The molecule has 1 fully saturated rings. The second-order valence-corrected chi connectivity index (χ2v) is 6.29. The van der Waals surface area contributed by atoms with E-state index in [1.54, 1.807) is 0 Å². The van der Waals surface area contributed by atoms with Gasteiger partial charge in [-0.05, 0) is 36.4 Å². The number of carboxylic acid groups (broad SMARTS) is 1. The monoisotopic (exact) mass is 336 g/mol. The van der Waals surface area contributed by atoms with Crippen molar-refractivity contribution in [3.8, 4) is 0 Å². The van der Waals surface area contributed by atoms with Crippen LogP contribution in [0.15, 0.2) is 28.7 Å². The molecule has 0 unspecified atom stereocenters. The number of likely N-dealkylation sites (tertiary alicyclic amines) is 1. The van der Waals surface area contributed by atoms with Crippen molar-refractivity contribution in [2.24, 2.45) is 7.05 Å². The van der Waals surface area contributed by atoms with E-state index in [-0.39, 0.29) is 0 Å². The Balaban J connectivity index is 1.88. The summed E-state index contributed by atoms with van der Waals surface area (Å²) in [6, 6.07) is 8.54. The van der Waals surface area contributed by atoms with E-state index in [9.17, 15) is 4.79 Å². The summed E-state index contributed by atoms with van der Waals surface area (Å²) in [7, 11) is 2.09. The molecule has 0 saturated carbocycles. The van der Waals surface area contributed by atoms with Crippen LogP contribution in [0.5, 0.6) is 0 Å². The van der Waals surface area contributed by atoms with Gasteiger partial charge >= 0.3 is 6.09 Å². The van der Waals surface area contributed by atoms with Gasteiger partial charge in [0.2, 0.25) is 0 Å². The van der Waals surface area contributed by atoms with Crippen molar-refractivity contribution in [2.45, 2.75) is 18.8 Å². The quantitative estimate of drug-likeness (QED) is 0.860. The summed E-state index contributed by atoms with van der Waals surface area (Å²) in [4.78, 5) is 12.5. The largest absolute Gasteiger partial charge is 0.465 e. The van der Waals surface area contributed by atoms with Crippen LogP contribution in [-0.4, -0.2) is 33.8 Å². The minimum atomic E-state index is -0.801. The maximum absolute atomic E-state index is 11.0. The average Bonchev–Trinajstić information content (AvgIpc) is 2.76. The third kappa shape index (κ3) is 2.30. The number of nitrogens with zero attached hydrogens (tertiary/aromatic N) is 2. The van der Waals surface area contributed by atoms with Gasteiger partial charge in [0.25, 0.3) is 0 Å². The highest BCUT2D eigenvalue weighted by Gasteiger charge is 2.25. The number of halogens is 1. The van der Waals surface area contributed by atoms with Gasteiger partial charge < -0.3 is 14.6 Å². The maximum Gasteiger partial charge on any atom is 0.407 e. The van der Waals surface area contributed by atoms with Gasteiger partial charge in [-0.1, -0.05) is 22.0 Å². The molecular formula is C15H17BrN2O2. The Morgan fingerprint density at radius 2 is 2.00 bits per heavy atom. The number of aromatic nitrogens is 1. The van der Waals surface area contributed by atoms with Crippen LogP contribution in [0.25, 0.3) is 10.9 Å². The number of aryl methyl sites for hydroxylation is 1. The van der Waals surface area contributed by atoms with Crippen molar-refractivity contribution < 1.29 is 9.90 Å². The lowest BCUT2D eigenvalue weighted by atomic mass is 9.93. The Morgan fingerprint density at radius 3 is 2.65 bits per heavy atom. The SMILES string of the molecule is Cn1c(C2CCN(C(=O)O)CC2)cc2ccc(Br)cc21. The first kappa shape index (κ1) is 13.5. The molecule has 2 aromatic rings. The number of hydrogen-bond donors (Lipinski definition) is 1. The smallest absolute Gasteiger partial charge is 0.407 e. The van der Waals surface area contributed by atoms with E-state index >= 15 is 0 Å². The molecule has 20 heavy (non-hydrogen) atoms. The van der Waals surface area contributed by atoms with Crippen LogP contribution in [0.1, 0.15) is 24.5 Å². The van der Waals surface area contributed by atoms with Gasteiger partial charge in [-0.2, -0.15) is 0 Å². The summed E-state index contributed by atoms with van der Waals surface area (Å²) in [6.07, 6.45) is 0.999. The molecule has 1 amide bonds. The normalized spacial score (nSPS) is 16.8. The van der Waals surface area contributed by atoms with Crippen LogP contribution < -0.4 is 0 Å². The zero-order chi connectivity index (χ0) is 14.3. The van der Waals surface area contributed by atoms with Crippen molar-refractivity contribution in [1.29, 1.82) is 0 Å². The molecule has 0 bridgehead atoms. The highest BCUT2D eigenvalue weighted by Crippen LogP contribution is 2.32. The Morgan fingerprint density at radius 1 is 1.30 bits per heavy atom. The van der Waals surface area contributed by atoms with Crippen LogP contribution >= 0.6 is 15.9 Å². The van der Waals surface area contributed by atoms with E-state index in [1.807, 2.05) is 0 Å². The van der Waals surface area contributed by atoms with E-state index in [1.165, 1.54) is 21.5 Å². The molecule has 0 aliphatic carbocycles. The molecule has 0 radical (unpaired) electrons. The molecular weight excluding hydrogens is 320 g/mol. The lowest BCUT2D eigenvalue weighted by molar-refractivity contribution is 0.131. The number of benzene rings is 1. The Hall–Kier alpha value is -1.49. The molecule has 106 valence electrons. The second-order valence-electron chi connectivity index (χ2n) is 5.38. The van der Waals surface area contributed by atoms with Crippen LogP contribution in [0.3, 0.4) is 0 Å². The van der Waals surface area contributed by atoms with E-state index in [4.69, 9.17) is 5.11 Å². The number of hydrogen-bond acceptors (Lipinski definition) is 1. The van der Waals surface area contributed by atoms with E-state index in [2.05, 4.69) is 51.8 Å². The van der Waals surface area contributed by atoms with Crippen molar-refractivity contribution in [2.75, 3.05) is 13.1 Å². The summed E-state index contributed by atoms with van der Waals surface area (Å²) in [5, 5.41) is 10.3. The van der Waals surface area contributed by atoms with Crippen molar-refractivity contribution in [3.63, 3.8) is 0 Å². The average molecular weight is 337 g/mol. The number of rotatable bonds is 1. The Bertz CT molecular complexity index is 657. The molecule has 5 heteroatoms. The first-order valence-corrected chi connectivity index (χ1v) is 7.58. The summed E-state index contributed by atoms with van der Waals surface area (Å²) >= 11 is 3.51. The number of amides is 1. The molecule has 1 aliphatic rings. The summed E-state index contributed by atoms with van der Waals surface area (Å²) < 4.78 is 3.32. The van der Waals surface area contributed by atoms with Gasteiger partial charge in [0, 0.05) is 41.7 Å². The molecule has 0 atom stereocenters. The third-order valence-corrected chi connectivity index (χ3v) is 4.72. The lowest BCUT2D eigenvalue weighted by Crippen LogP contribution is -2.37. The minimum absolute atomic E-state index is 0.446. The standard InChI is InChI=1S/C15H17BrN2O2/c1-17-13(8-11-2-3-12(16)9-14(11)17)10-4-6-18(7-5-10)15(19)20/h2-3,8-10H,4-7H2,1H3,(H,19,20). The fraction of sp³-hybridized carbons (Fsp3) is 0.400. The fourth-order valence-corrected chi connectivity index (χ4v) is 3.43. The molecule has 1 N–H and O–H groups in total. The minimum Gasteiger partial charge on any atom is -0.465 e. The number of piperidine rings is 1. The predicted octanol–water partition coefficient (Wildman–Crippen LogP) is 3.80. The van der Waals surface area contributed by atoms with Crippen LogP contribution in [-0.2, 0) is 7.05 Å². The van der Waals surface area contributed by atoms with Gasteiger partial charge in [0.05, 0.1) is 0 Å². The second kappa shape index (κ2) is 5.13. The van der Waals surface area contributed by atoms with Crippen LogP contribution in [0, 0.1) is 0 Å². The maximum atomic E-state index is 11.0. The van der Waals surface area contributed by atoms with Crippen LogP contribution in [0.2, 0.25) is 0 Å². The predicted molar refractivity (Wildman–Crippen MR) is 82.2 cm³/mol. The molecule has 1 aliphatic heterocycles. The van der Waals surface area contributed by atoms with Gasteiger partial charge in [-0.25, -0.2) is 4.79 Å². The topological polar surface area (TPSA) is 45.5 Å². The zero-order valence-electron chi connectivity index (χ0n) is 11.3. The molecule has 3 rings (SSSR count). The van der Waals surface area contributed by atoms with Crippen molar-refractivity contribution in [1.82, 2.24) is 9.47 Å². The van der Waals surface area contributed by atoms with Gasteiger partial charge in [0.1, 0.15) is 0 Å². The van der Waals surface area contributed by atoms with Gasteiger partial charge in [0.15, 0.2) is 0 Å². The first-order chi connectivity index (χ1) is 9.56. The molecule has 4 nitrogen and oxygen atoms in total.